The Morgan fingerprint density at radius 3 is 2.03 bits per heavy atom. The smallest absolute Gasteiger partial charge is 0.323 e. The van der Waals surface area contributed by atoms with E-state index in [1.54, 1.807) is 34.8 Å². The fourth-order valence-corrected chi connectivity index (χ4v) is 4.83. The van der Waals surface area contributed by atoms with Crippen LogP contribution in [-0.2, 0) is 0 Å². The van der Waals surface area contributed by atoms with Crippen LogP contribution in [0.5, 0.6) is 5.75 Å². The standard InChI is InChI=1S/C25H20N4O2S2/c1-2-31-18-10-7-16(8-11-18)26-25(30)27-17-9-12-19-20(15-17)29-24(22-6-4-14-33-22)23(28-19)21-5-3-13-32-21/h3-15H,2H2,1H3,(H2,26,27,30). The molecule has 33 heavy (non-hydrogen) atoms. The van der Waals surface area contributed by atoms with Crippen molar-refractivity contribution in [3.63, 3.8) is 0 Å². The number of hydrogen-bond acceptors (Lipinski definition) is 6. The molecule has 0 bridgehead atoms. The van der Waals surface area contributed by atoms with E-state index in [9.17, 15) is 4.79 Å². The number of urea groups is 1. The fourth-order valence-electron chi connectivity index (χ4n) is 3.40. The minimum Gasteiger partial charge on any atom is -0.494 e. The molecule has 2 amide bonds. The zero-order chi connectivity index (χ0) is 22.6. The average molecular weight is 473 g/mol. The summed E-state index contributed by atoms with van der Waals surface area (Å²) in [6.07, 6.45) is 0. The lowest BCUT2D eigenvalue weighted by Crippen LogP contribution is -2.19. The van der Waals surface area contributed by atoms with E-state index in [2.05, 4.69) is 16.7 Å². The molecule has 0 spiro atoms. The number of fused-ring (bicyclic) bond motifs is 1. The molecule has 2 N–H and O–H groups in total. The summed E-state index contributed by atoms with van der Waals surface area (Å²) in [6.45, 7) is 2.53. The molecule has 0 fully saturated rings. The van der Waals surface area contributed by atoms with Crippen LogP contribution in [0.25, 0.3) is 32.2 Å². The molecule has 3 heterocycles. The Hall–Kier alpha value is -3.75. The van der Waals surface area contributed by atoms with E-state index >= 15 is 0 Å². The maximum Gasteiger partial charge on any atom is 0.323 e. The first kappa shape index (κ1) is 21.1. The van der Waals surface area contributed by atoms with Crippen LogP contribution in [0.4, 0.5) is 16.2 Å². The van der Waals surface area contributed by atoms with Crippen molar-refractivity contribution in [2.75, 3.05) is 17.2 Å². The third-order valence-electron chi connectivity index (χ3n) is 4.85. The number of ether oxygens (including phenoxy) is 1. The van der Waals surface area contributed by atoms with E-state index in [1.807, 2.05) is 66.2 Å². The number of amides is 2. The molecule has 2 aromatic carbocycles. The number of benzene rings is 2. The van der Waals surface area contributed by atoms with Crippen molar-refractivity contribution < 1.29 is 9.53 Å². The first-order valence-corrected chi connectivity index (χ1v) is 12.2. The molecule has 3 aromatic heterocycles. The second-order valence-electron chi connectivity index (χ2n) is 7.12. The van der Waals surface area contributed by atoms with Gasteiger partial charge in [0, 0.05) is 11.4 Å². The van der Waals surface area contributed by atoms with E-state index in [1.165, 1.54) is 0 Å². The Balaban J connectivity index is 1.41. The third-order valence-corrected chi connectivity index (χ3v) is 6.61. The highest BCUT2D eigenvalue weighted by Gasteiger charge is 2.15. The average Bonchev–Trinajstić information content (AvgIpc) is 3.54. The van der Waals surface area contributed by atoms with Gasteiger partial charge in [0.25, 0.3) is 0 Å². The Morgan fingerprint density at radius 2 is 1.42 bits per heavy atom. The van der Waals surface area contributed by atoms with Crippen LogP contribution in [0, 0.1) is 0 Å². The Kier molecular flexibility index (Phi) is 6.01. The second kappa shape index (κ2) is 9.40. The van der Waals surface area contributed by atoms with Gasteiger partial charge in [-0.05, 0) is 72.3 Å². The van der Waals surface area contributed by atoms with Crippen molar-refractivity contribution in [1.82, 2.24) is 9.97 Å². The summed E-state index contributed by atoms with van der Waals surface area (Å²) in [7, 11) is 0. The van der Waals surface area contributed by atoms with Crippen molar-refractivity contribution in [3.05, 3.63) is 77.5 Å². The van der Waals surface area contributed by atoms with Crippen molar-refractivity contribution in [2.24, 2.45) is 0 Å². The van der Waals surface area contributed by atoms with E-state index in [0.717, 1.165) is 37.9 Å². The Labute approximate surface area is 198 Å². The summed E-state index contributed by atoms with van der Waals surface area (Å²) < 4.78 is 5.43. The third kappa shape index (κ3) is 4.72. The highest BCUT2D eigenvalue weighted by molar-refractivity contribution is 7.14. The molecular formula is C25H20N4O2S2. The SMILES string of the molecule is CCOc1ccc(NC(=O)Nc2ccc3nc(-c4cccs4)c(-c4cccs4)nc3c2)cc1. The largest absolute Gasteiger partial charge is 0.494 e. The predicted octanol–water partition coefficient (Wildman–Crippen LogP) is 7.13. The summed E-state index contributed by atoms with van der Waals surface area (Å²) in [5.41, 5.74) is 4.52. The number of carbonyl (C=O) groups is 1. The lowest BCUT2D eigenvalue weighted by Gasteiger charge is -2.11. The molecule has 5 rings (SSSR count). The van der Waals surface area contributed by atoms with Gasteiger partial charge in [-0.3, -0.25) is 0 Å². The van der Waals surface area contributed by atoms with Crippen LogP contribution in [0.2, 0.25) is 0 Å². The highest BCUT2D eigenvalue weighted by atomic mass is 32.1. The van der Waals surface area contributed by atoms with Crippen LogP contribution in [0.1, 0.15) is 6.92 Å². The molecule has 8 heteroatoms. The number of carbonyl (C=O) groups excluding carboxylic acids is 1. The van der Waals surface area contributed by atoms with Gasteiger partial charge >= 0.3 is 6.03 Å². The molecule has 0 atom stereocenters. The molecule has 0 aliphatic heterocycles. The van der Waals surface area contributed by atoms with Gasteiger partial charge in [-0.25, -0.2) is 14.8 Å². The normalized spacial score (nSPS) is 10.8. The summed E-state index contributed by atoms with van der Waals surface area (Å²) in [4.78, 5) is 24.5. The lowest BCUT2D eigenvalue weighted by atomic mass is 10.2. The van der Waals surface area contributed by atoms with Crippen LogP contribution < -0.4 is 15.4 Å². The van der Waals surface area contributed by atoms with Gasteiger partial charge in [-0.15, -0.1) is 22.7 Å². The Bertz CT molecular complexity index is 1380. The molecule has 0 aliphatic rings. The highest BCUT2D eigenvalue weighted by Crippen LogP contribution is 2.35. The zero-order valence-corrected chi connectivity index (χ0v) is 19.4. The zero-order valence-electron chi connectivity index (χ0n) is 17.7. The molecule has 164 valence electrons. The van der Waals surface area contributed by atoms with Crippen LogP contribution in [0.15, 0.2) is 77.5 Å². The lowest BCUT2D eigenvalue weighted by molar-refractivity contribution is 0.262. The predicted molar refractivity (Wildman–Crippen MR) is 136 cm³/mol. The van der Waals surface area contributed by atoms with Gasteiger partial charge in [0.2, 0.25) is 0 Å². The number of thiophene rings is 2. The molecule has 0 saturated heterocycles. The summed E-state index contributed by atoms with van der Waals surface area (Å²) in [5, 5.41) is 9.77. The molecule has 0 radical (unpaired) electrons. The second-order valence-corrected chi connectivity index (χ2v) is 9.01. The van der Waals surface area contributed by atoms with Crippen LogP contribution >= 0.6 is 22.7 Å². The monoisotopic (exact) mass is 472 g/mol. The quantitative estimate of drug-likeness (QED) is 0.276. The van der Waals surface area contributed by atoms with E-state index in [4.69, 9.17) is 14.7 Å². The summed E-state index contributed by atoms with van der Waals surface area (Å²) in [6, 6.07) is 20.6. The van der Waals surface area contributed by atoms with E-state index < -0.39 is 0 Å². The molecule has 6 nitrogen and oxygen atoms in total. The molecule has 0 saturated carbocycles. The van der Waals surface area contributed by atoms with Crippen LogP contribution in [-0.4, -0.2) is 22.6 Å². The van der Waals surface area contributed by atoms with Gasteiger partial charge in [0.1, 0.15) is 17.1 Å². The van der Waals surface area contributed by atoms with Gasteiger partial charge in [0.05, 0.1) is 27.4 Å². The fraction of sp³-hybridized carbons (Fsp3) is 0.0800. The molecular weight excluding hydrogens is 452 g/mol. The topological polar surface area (TPSA) is 76.1 Å². The van der Waals surface area contributed by atoms with E-state index in [-0.39, 0.29) is 6.03 Å². The Morgan fingerprint density at radius 1 is 0.818 bits per heavy atom. The van der Waals surface area contributed by atoms with E-state index in [0.29, 0.717) is 18.0 Å². The van der Waals surface area contributed by atoms with Crippen molar-refractivity contribution >= 4 is 51.1 Å². The molecule has 0 unspecified atom stereocenters. The number of nitrogens with zero attached hydrogens (tertiary/aromatic N) is 2. The summed E-state index contributed by atoms with van der Waals surface area (Å²) >= 11 is 3.27. The van der Waals surface area contributed by atoms with Crippen molar-refractivity contribution in [1.29, 1.82) is 0 Å². The first-order chi connectivity index (χ1) is 16.2. The number of aromatic nitrogens is 2. The number of rotatable bonds is 6. The summed E-state index contributed by atoms with van der Waals surface area (Å²) in [5.74, 6) is 0.764. The van der Waals surface area contributed by atoms with Crippen LogP contribution in [0.3, 0.4) is 0 Å². The number of hydrogen-bond donors (Lipinski definition) is 2. The maximum atomic E-state index is 12.5. The number of anilines is 2. The minimum absolute atomic E-state index is 0.333. The van der Waals surface area contributed by atoms with Gasteiger partial charge in [-0.1, -0.05) is 12.1 Å². The number of nitrogens with one attached hydrogen (secondary N) is 2. The van der Waals surface area contributed by atoms with Crippen molar-refractivity contribution in [2.45, 2.75) is 6.92 Å². The minimum atomic E-state index is -0.333. The maximum absolute atomic E-state index is 12.5. The van der Waals surface area contributed by atoms with Gasteiger partial charge < -0.3 is 15.4 Å². The van der Waals surface area contributed by atoms with Crippen molar-refractivity contribution in [3.8, 4) is 26.9 Å². The molecule has 0 aliphatic carbocycles. The first-order valence-electron chi connectivity index (χ1n) is 10.4. The molecule has 5 aromatic rings. The van der Waals surface area contributed by atoms with Gasteiger partial charge in [0.15, 0.2) is 0 Å². The van der Waals surface area contributed by atoms with Gasteiger partial charge in [-0.2, -0.15) is 0 Å².